The second-order valence-electron chi connectivity index (χ2n) is 4.67. The summed E-state index contributed by atoms with van der Waals surface area (Å²) in [6, 6.07) is 11.2. The van der Waals surface area contributed by atoms with Gasteiger partial charge in [-0.3, -0.25) is 0 Å². The van der Waals surface area contributed by atoms with Gasteiger partial charge in [-0.05, 0) is 41.8 Å². The molecule has 112 valence electrons. The lowest BCUT2D eigenvalue weighted by atomic mass is 9.98. The van der Waals surface area contributed by atoms with E-state index in [1.54, 1.807) is 6.07 Å². The van der Waals surface area contributed by atoms with Crippen LogP contribution in [0.1, 0.15) is 22.7 Å². The van der Waals surface area contributed by atoms with E-state index in [-0.39, 0.29) is 4.47 Å². The molecule has 0 saturated carbocycles. The van der Waals surface area contributed by atoms with E-state index in [9.17, 15) is 13.2 Å². The Morgan fingerprint density at radius 1 is 1.00 bits per heavy atom. The van der Waals surface area contributed by atoms with Gasteiger partial charge in [-0.1, -0.05) is 50.1 Å². The fourth-order valence-corrected chi connectivity index (χ4v) is 2.72. The maximum atomic E-state index is 12.9. The van der Waals surface area contributed by atoms with E-state index in [0.29, 0.717) is 12.0 Å². The molecule has 2 rings (SSSR count). The lowest BCUT2D eigenvalue weighted by molar-refractivity contribution is -0.138. The molecule has 0 aromatic heterocycles. The third kappa shape index (κ3) is 4.31. The minimum atomic E-state index is -4.40. The summed E-state index contributed by atoms with van der Waals surface area (Å²) in [4.78, 5) is 0. The molecule has 0 amide bonds. The third-order valence-electron chi connectivity index (χ3n) is 3.09. The summed E-state index contributed by atoms with van der Waals surface area (Å²) < 4.78 is 39.6. The van der Waals surface area contributed by atoms with Crippen molar-refractivity contribution in [1.29, 1.82) is 0 Å². The molecule has 1 nitrogen and oxygen atoms in total. The van der Waals surface area contributed by atoms with Crippen LogP contribution in [0.2, 0.25) is 0 Å². The van der Waals surface area contributed by atoms with Crippen LogP contribution in [-0.2, 0) is 12.6 Å². The van der Waals surface area contributed by atoms with Crippen molar-refractivity contribution in [3.63, 3.8) is 0 Å². The number of rotatable bonds is 3. The first-order valence-electron chi connectivity index (χ1n) is 6.14. The summed E-state index contributed by atoms with van der Waals surface area (Å²) in [5, 5.41) is 0. The maximum Gasteiger partial charge on any atom is 0.417 e. The van der Waals surface area contributed by atoms with Crippen LogP contribution in [-0.4, -0.2) is 0 Å². The predicted molar refractivity (Wildman–Crippen MR) is 83.9 cm³/mol. The van der Waals surface area contributed by atoms with E-state index < -0.39 is 17.8 Å². The van der Waals surface area contributed by atoms with E-state index >= 15 is 0 Å². The van der Waals surface area contributed by atoms with Gasteiger partial charge in [-0.2, -0.15) is 13.2 Å². The molecule has 1 atom stereocenters. The Morgan fingerprint density at radius 3 is 2.19 bits per heavy atom. The van der Waals surface area contributed by atoms with Crippen LogP contribution in [0.15, 0.2) is 51.4 Å². The van der Waals surface area contributed by atoms with Crippen LogP contribution >= 0.6 is 31.9 Å². The smallest absolute Gasteiger partial charge is 0.324 e. The van der Waals surface area contributed by atoms with Crippen molar-refractivity contribution in [3.8, 4) is 0 Å². The van der Waals surface area contributed by atoms with E-state index in [2.05, 4.69) is 31.9 Å². The van der Waals surface area contributed by atoms with Crippen LogP contribution in [0.5, 0.6) is 0 Å². The van der Waals surface area contributed by atoms with E-state index in [1.807, 2.05) is 24.3 Å². The largest absolute Gasteiger partial charge is 0.417 e. The minimum absolute atomic E-state index is 0.0228. The zero-order valence-electron chi connectivity index (χ0n) is 10.8. The highest BCUT2D eigenvalue weighted by Gasteiger charge is 2.33. The fraction of sp³-hybridized carbons (Fsp3) is 0.200. The van der Waals surface area contributed by atoms with Crippen molar-refractivity contribution in [2.75, 3.05) is 0 Å². The number of alkyl halides is 3. The first-order chi connectivity index (χ1) is 9.77. The monoisotopic (exact) mass is 421 g/mol. The Kier molecular flexibility index (Phi) is 5.11. The molecule has 2 aromatic carbocycles. The maximum absolute atomic E-state index is 12.9. The molecule has 0 spiro atoms. The first-order valence-corrected chi connectivity index (χ1v) is 7.72. The van der Waals surface area contributed by atoms with Crippen molar-refractivity contribution in [1.82, 2.24) is 0 Å². The molecule has 21 heavy (non-hydrogen) atoms. The van der Waals surface area contributed by atoms with Crippen molar-refractivity contribution >= 4 is 31.9 Å². The molecule has 0 fully saturated rings. The molecule has 2 N–H and O–H groups in total. The lowest BCUT2D eigenvalue weighted by Gasteiger charge is -2.16. The van der Waals surface area contributed by atoms with Crippen molar-refractivity contribution in [2.45, 2.75) is 18.6 Å². The molecular weight excluding hydrogens is 411 g/mol. The molecular formula is C15H12Br2F3N. The lowest BCUT2D eigenvalue weighted by Crippen LogP contribution is -2.15. The van der Waals surface area contributed by atoms with Crippen LogP contribution < -0.4 is 5.73 Å². The number of nitrogens with two attached hydrogens (primary N) is 1. The van der Waals surface area contributed by atoms with Gasteiger partial charge in [-0.15, -0.1) is 0 Å². The molecule has 0 radical (unpaired) electrons. The predicted octanol–water partition coefficient (Wildman–Crippen LogP) is 5.47. The van der Waals surface area contributed by atoms with E-state index in [0.717, 1.165) is 16.1 Å². The zero-order chi connectivity index (χ0) is 15.6. The van der Waals surface area contributed by atoms with Gasteiger partial charge in [0.1, 0.15) is 0 Å². The fourth-order valence-electron chi connectivity index (χ4n) is 1.98. The Bertz CT molecular complexity index is 624. The molecule has 0 aliphatic carbocycles. The quantitative estimate of drug-likeness (QED) is 0.696. The second-order valence-corrected chi connectivity index (χ2v) is 6.44. The second kappa shape index (κ2) is 6.50. The van der Waals surface area contributed by atoms with Gasteiger partial charge >= 0.3 is 6.18 Å². The summed E-state index contributed by atoms with van der Waals surface area (Å²) in [7, 11) is 0. The Labute approximate surface area is 137 Å². The summed E-state index contributed by atoms with van der Waals surface area (Å²) in [6.07, 6.45) is -3.92. The Hall–Kier alpha value is -0.850. The van der Waals surface area contributed by atoms with Gasteiger partial charge in [0.05, 0.1) is 5.56 Å². The third-order valence-corrected chi connectivity index (χ3v) is 4.31. The average molecular weight is 423 g/mol. The van der Waals surface area contributed by atoms with Crippen LogP contribution in [0, 0.1) is 0 Å². The van der Waals surface area contributed by atoms with Crippen molar-refractivity contribution < 1.29 is 13.2 Å². The van der Waals surface area contributed by atoms with Gasteiger partial charge in [-0.25, -0.2) is 0 Å². The number of halogens is 5. The first kappa shape index (κ1) is 16.5. The Morgan fingerprint density at radius 2 is 1.62 bits per heavy atom. The highest BCUT2D eigenvalue weighted by atomic mass is 79.9. The van der Waals surface area contributed by atoms with Crippen LogP contribution in [0.3, 0.4) is 0 Å². The SMILES string of the molecule is NC(Cc1ccc(Br)cc1)c1ccc(Br)c(C(F)(F)F)c1. The van der Waals surface area contributed by atoms with Crippen molar-refractivity contribution in [3.05, 3.63) is 68.1 Å². The summed E-state index contributed by atoms with van der Waals surface area (Å²) in [6.45, 7) is 0. The van der Waals surface area contributed by atoms with Gasteiger partial charge in [0.2, 0.25) is 0 Å². The number of hydrogen-bond donors (Lipinski definition) is 1. The van der Waals surface area contributed by atoms with Crippen LogP contribution in [0.4, 0.5) is 13.2 Å². The molecule has 0 heterocycles. The molecule has 0 aliphatic heterocycles. The highest BCUT2D eigenvalue weighted by molar-refractivity contribution is 9.10. The minimum Gasteiger partial charge on any atom is -0.324 e. The standard InChI is InChI=1S/C15H12Br2F3N/c16-11-4-1-9(2-5-11)7-14(21)10-3-6-13(17)12(8-10)15(18,19)20/h1-6,8,14H,7,21H2. The van der Waals surface area contributed by atoms with E-state index in [1.165, 1.54) is 6.07 Å². The topological polar surface area (TPSA) is 26.0 Å². The zero-order valence-corrected chi connectivity index (χ0v) is 14.0. The molecule has 6 heteroatoms. The van der Waals surface area contributed by atoms with E-state index in [4.69, 9.17) is 5.73 Å². The molecule has 1 unspecified atom stereocenters. The van der Waals surface area contributed by atoms with Crippen molar-refractivity contribution in [2.24, 2.45) is 5.73 Å². The number of hydrogen-bond acceptors (Lipinski definition) is 1. The summed E-state index contributed by atoms with van der Waals surface area (Å²) in [5.74, 6) is 0. The molecule has 0 bridgehead atoms. The van der Waals surface area contributed by atoms with Gasteiger partial charge in [0.15, 0.2) is 0 Å². The summed E-state index contributed by atoms with van der Waals surface area (Å²) >= 11 is 6.26. The highest BCUT2D eigenvalue weighted by Crippen LogP contribution is 2.36. The van der Waals surface area contributed by atoms with Crippen LogP contribution in [0.25, 0.3) is 0 Å². The van der Waals surface area contributed by atoms with Gasteiger partial charge in [0.25, 0.3) is 0 Å². The number of benzene rings is 2. The average Bonchev–Trinajstić information content (AvgIpc) is 2.40. The Balaban J connectivity index is 2.23. The van der Waals surface area contributed by atoms with Gasteiger partial charge in [0, 0.05) is 15.0 Å². The molecule has 2 aromatic rings. The summed E-state index contributed by atoms with van der Waals surface area (Å²) in [5.41, 5.74) is 6.77. The van der Waals surface area contributed by atoms with Gasteiger partial charge < -0.3 is 5.73 Å². The molecule has 0 aliphatic rings. The normalized spacial score (nSPS) is 13.2. The molecule has 0 saturated heterocycles.